The predicted molar refractivity (Wildman–Crippen MR) is 137 cm³/mol. The van der Waals surface area contributed by atoms with Gasteiger partial charge in [0, 0.05) is 19.6 Å². The van der Waals surface area contributed by atoms with E-state index in [0.717, 1.165) is 22.9 Å². The number of likely N-dealkylation sites (N-methyl/N-ethyl adjacent to an activating group) is 1. The van der Waals surface area contributed by atoms with Crippen LogP contribution >= 0.6 is 0 Å². The Morgan fingerprint density at radius 2 is 1.60 bits per heavy atom. The third kappa shape index (κ3) is 8.10. The number of rotatable bonds is 11. The van der Waals surface area contributed by atoms with Crippen molar-refractivity contribution in [2.24, 2.45) is 0 Å². The summed E-state index contributed by atoms with van der Waals surface area (Å²) in [6, 6.07) is 22.0. The standard InChI is InChI=1S/C26H31N3O5S/c1-27-26(32)15-19-8-10-20(11-9-19)22(14-18-6-4-3-5-7-18)28-17-25(31)21-12-13-24(30)23(16-21)29-35(2,33)34/h3-13,16,22,25,28-31H,14-15,17H2,1-2H3,(H,27,32). The molecular formula is C26H31N3O5S. The van der Waals surface area contributed by atoms with Gasteiger partial charge in [-0.1, -0.05) is 60.7 Å². The van der Waals surface area contributed by atoms with E-state index < -0.39 is 16.1 Å². The third-order valence-corrected chi connectivity index (χ3v) is 6.16. The van der Waals surface area contributed by atoms with Crippen molar-refractivity contribution in [2.75, 3.05) is 24.6 Å². The van der Waals surface area contributed by atoms with E-state index in [1.54, 1.807) is 13.1 Å². The Bertz CT molecular complexity index is 1230. The highest BCUT2D eigenvalue weighted by Gasteiger charge is 2.17. The Labute approximate surface area is 206 Å². The van der Waals surface area contributed by atoms with Crippen LogP contribution < -0.4 is 15.4 Å². The van der Waals surface area contributed by atoms with E-state index in [1.807, 2.05) is 54.6 Å². The zero-order chi connectivity index (χ0) is 25.4. The fraction of sp³-hybridized carbons (Fsp3) is 0.269. The number of carbonyl (C=O) groups excluding carboxylic acids is 1. The van der Waals surface area contributed by atoms with Crippen LogP contribution in [0.3, 0.4) is 0 Å². The molecular weight excluding hydrogens is 466 g/mol. The normalized spacial score (nSPS) is 13.1. The monoisotopic (exact) mass is 497 g/mol. The van der Waals surface area contributed by atoms with Crippen molar-refractivity contribution in [2.45, 2.75) is 25.0 Å². The second kappa shape index (κ2) is 11.8. The smallest absolute Gasteiger partial charge is 0.229 e. The highest BCUT2D eigenvalue weighted by Crippen LogP contribution is 2.28. The van der Waals surface area contributed by atoms with Crippen LogP contribution in [0.15, 0.2) is 72.8 Å². The van der Waals surface area contributed by atoms with E-state index in [-0.39, 0.29) is 29.9 Å². The van der Waals surface area contributed by atoms with Crippen molar-refractivity contribution < 1.29 is 23.4 Å². The van der Waals surface area contributed by atoms with Gasteiger partial charge in [-0.05, 0) is 40.8 Å². The van der Waals surface area contributed by atoms with E-state index in [4.69, 9.17) is 0 Å². The van der Waals surface area contributed by atoms with Crippen LogP contribution in [0.5, 0.6) is 5.75 Å². The summed E-state index contributed by atoms with van der Waals surface area (Å²) in [5.41, 5.74) is 3.50. The molecule has 3 aromatic carbocycles. The minimum atomic E-state index is -3.58. The van der Waals surface area contributed by atoms with Gasteiger partial charge in [0.1, 0.15) is 5.75 Å². The molecule has 0 aliphatic rings. The van der Waals surface area contributed by atoms with Crippen molar-refractivity contribution in [1.29, 1.82) is 0 Å². The van der Waals surface area contributed by atoms with Crippen LogP contribution in [0.25, 0.3) is 0 Å². The fourth-order valence-corrected chi connectivity index (χ4v) is 4.28. The summed E-state index contributed by atoms with van der Waals surface area (Å²) in [6.45, 7) is 0.195. The number of phenols is 1. The average molecular weight is 498 g/mol. The molecule has 9 heteroatoms. The summed E-state index contributed by atoms with van der Waals surface area (Å²) in [5.74, 6) is -0.281. The zero-order valence-corrected chi connectivity index (χ0v) is 20.5. The minimum Gasteiger partial charge on any atom is -0.506 e. The highest BCUT2D eigenvalue weighted by molar-refractivity contribution is 7.92. The molecule has 0 aliphatic carbocycles. The lowest BCUT2D eigenvalue weighted by Crippen LogP contribution is -2.28. The van der Waals surface area contributed by atoms with Gasteiger partial charge in [-0.3, -0.25) is 9.52 Å². The van der Waals surface area contributed by atoms with Gasteiger partial charge in [-0.15, -0.1) is 0 Å². The molecule has 35 heavy (non-hydrogen) atoms. The Hall–Kier alpha value is -3.40. The molecule has 0 heterocycles. The van der Waals surface area contributed by atoms with Crippen molar-refractivity contribution >= 4 is 21.6 Å². The van der Waals surface area contributed by atoms with Gasteiger partial charge in [0.15, 0.2) is 0 Å². The van der Waals surface area contributed by atoms with Gasteiger partial charge in [-0.2, -0.15) is 0 Å². The number of aliphatic hydroxyl groups is 1. The number of nitrogens with one attached hydrogen (secondary N) is 3. The van der Waals surface area contributed by atoms with Crippen LogP contribution in [0.4, 0.5) is 5.69 Å². The fourth-order valence-electron chi connectivity index (χ4n) is 3.71. The van der Waals surface area contributed by atoms with Crippen LogP contribution in [0, 0.1) is 0 Å². The topological polar surface area (TPSA) is 128 Å². The molecule has 0 saturated carbocycles. The van der Waals surface area contributed by atoms with E-state index >= 15 is 0 Å². The molecule has 8 nitrogen and oxygen atoms in total. The lowest BCUT2D eigenvalue weighted by Gasteiger charge is -2.22. The molecule has 0 aliphatic heterocycles. The molecule has 2 atom stereocenters. The summed E-state index contributed by atoms with van der Waals surface area (Å²) in [5, 5.41) is 26.8. The molecule has 5 N–H and O–H groups in total. The molecule has 0 aromatic heterocycles. The quantitative estimate of drug-likeness (QED) is 0.259. The van der Waals surface area contributed by atoms with Crippen molar-refractivity contribution in [3.63, 3.8) is 0 Å². The van der Waals surface area contributed by atoms with E-state index in [9.17, 15) is 23.4 Å². The third-order valence-electron chi connectivity index (χ3n) is 5.57. The van der Waals surface area contributed by atoms with E-state index in [0.29, 0.717) is 18.4 Å². The minimum absolute atomic E-state index is 0.0107. The Morgan fingerprint density at radius 3 is 2.23 bits per heavy atom. The number of sulfonamides is 1. The predicted octanol–water partition coefficient (Wildman–Crippen LogP) is 2.66. The maximum absolute atomic E-state index is 11.7. The number of carbonyl (C=O) groups is 1. The van der Waals surface area contributed by atoms with Gasteiger partial charge < -0.3 is 20.8 Å². The zero-order valence-electron chi connectivity index (χ0n) is 19.7. The van der Waals surface area contributed by atoms with Gasteiger partial charge in [0.2, 0.25) is 15.9 Å². The van der Waals surface area contributed by atoms with Gasteiger partial charge in [-0.25, -0.2) is 8.42 Å². The second-order valence-corrected chi connectivity index (χ2v) is 10.2. The maximum Gasteiger partial charge on any atom is 0.229 e. The maximum atomic E-state index is 11.7. The lowest BCUT2D eigenvalue weighted by atomic mass is 9.96. The van der Waals surface area contributed by atoms with Crippen LogP contribution in [0.1, 0.15) is 34.4 Å². The van der Waals surface area contributed by atoms with E-state index in [1.165, 1.54) is 12.1 Å². The summed E-state index contributed by atoms with van der Waals surface area (Å²) in [4.78, 5) is 11.7. The van der Waals surface area contributed by atoms with Gasteiger partial charge >= 0.3 is 0 Å². The van der Waals surface area contributed by atoms with Crippen molar-refractivity contribution in [3.8, 4) is 5.75 Å². The number of aliphatic hydroxyl groups excluding tert-OH is 1. The van der Waals surface area contributed by atoms with Crippen molar-refractivity contribution in [1.82, 2.24) is 10.6 Å². The molecule has 0 radical (unpaired) electrons. The first kappa shape index (κ1) is 26.2. The first-order chi connectivity index (χ1) is 16.6. The molecule has 1 amide bonds. The Morgan fingerprint density at radius 1 is 0.943 bits per heavy atom. The Balaban J connectivity index is 1.76. The summed E-state index contributed by atoms with van der Waals surface area (Å²) >= 11 is 0. The molecule has 186 valence electrons. The van der Waals surface area contributed by atoms with Crippen LogP contribution in [0.2, 0.25) is 0 Å². The molecule has 0 bridgehead atoms. The van der Waals surface area contributed by atoms with Crippen molar-refractivity contribution in [3.05, 3.63) is 95.1 Å². The largest absolute Gasteiger partial charge is 0.506 e. The molecule has 2 unspecified atom stereocenters. The lowest BCUT2D eigenvalue weighted by molar-refractivity contribution is -0.119. The second-order valence-electron chi connectivity index (χ2n) is 8.41. The summed E-state index contributed by atoms with van der Waals surface area (Å²) < 4.78 is 25.4. The summed E-state index contributed by atoms with van der Waals surface area (Å²) in [7, 11) is -1.98. The number of anilines is 1. The summed E-state index contributed by atoms with van der Waals surface area (Å²) in [6.07, 6.45) is 1.03. The number of benzene rings is 3. The average Bonchev–Trinajstić information content (AvgIpc) is 2.83. The van der Waals surface area contributed by atoms with Crippen LogP contribution in [-0.4, -0.2) is 44.4 Å². The number of hydrogen-bond acceptors (Lipinski definition) is 6. The molecule has 3 rings (SSSR count). The SMILES string of the molecule is CNC(=O)Cc1ccc(C(Cc2ccccc2)NCC(O)c2ccc(O)c(NS(C)(=O)=O)c2)cc1. The van der Waals surface area contributed by atoms with Gasteiger partial charge in [0.05, 0.1) is 24.5 Å². The first-order valence-corrected chi connectivity index (χ1v) is 13.1. The number of phenolic OH excluding ortho intramolecular Hbond substituents is 1. The first-order valence-electron chi connectivity index (χ1n) is 11.2. The number of aromatic hydroxyl groups is 1. The number of hydrogen-bond donors (Lipinski definition) is 5. The van der Waals surface area contributed by atoms with E-state index in [2.05, 4.69) is 15.4 Å². The molecule has 0 spiro atoms. The number of amides is 1. The highest BCUT2D eigenvalue weighted by atomic mass is 32.2. The molecule has 0 saturated heterocycles. The molecule has 3 aromatic rings. The van der Waals surface area contributed by atoms with Gasteiger partial charge in [0.25, 0.3) is 0 Å². The van der Waals surface area contributed by atoms with Crippen LogP contribution in [-0.2, 0) is 27.7 Å². The molecule has 0 fully saturated rings. The Kier molecular flexibility index (Phi) is 8.86.